The SMILES string of the molecule is CCCCC(CC)CC(CC(C)CCCCCCCCCCCC(=O)O)C(=O)O. The lowest BCUT2D eigenvalue weighted by Crippen LogP contribution is -2.20. The Bertz CT molecular complexity index is 408. The summed E-state index contributed by atoms with van der Waals surface area (Å²) in [7, 11) is 0. The molecule has 0 radical (unpaired) electrons. The lowest BCUT2D eigenvalue weighted by atomic mass is 9.83. The van der Waals surface area contributed by atoms with Crippen LogP contribution in [0.15, 0.2) is 0 Å². The van der Waals surface area contributed by atoms with E-state index >= 15 is 0 Å². The van der Waals surface area contributed by atoms with Gasteiger partial charge in [0, 0.05) is 6.42 Å². The normalized spacial score (nSPS) is 14.4. The second-order valence-corrected chi connectivity index (χ2v) is 9.14. The summed E-state index contributed by atoms with van der Waals surface area (Å²) in [6.45, 7) is 6.62. The molecule has 0 aromatic rings. The first kappa shape index (κ1) is 27.9. The van der Waals surface area contributed by atoms with Crippen molar-refractivity contribution in [2.45, 2.75) is 130 Å². The highest BCUT2D eigenvalue weighted by Crippen LogP contribution is 2.28. The molecule has 0 bridgehead atoms. The highest BCUT2D eigenvalue weighted by Gasteiger charge is 2.23. The molecule has 3 unspecified atom stereocenters. The van der Waals surface area contributed by atoms with Gasteiger partial charge in [0.2, 0.25) is 0 Å². The van der Waals surface area contributed by atoms with Crippen molar-refractivity contribution in [2.75, 3.05) is 0 Å². The number of aliphatic carboxylic acids is 2. The van der Waals surface area contributed by atoms with Gasteiger partial charge < -0.3 is 10.2 Å². The molecule has 4 heteroatoms. The Hall–Kier alpha value is -1.06. The predicted octanol–water partition coefficient (Wildman–Crippen LogP) is 7.70. The first-order valence-corrected chi connectivity index (χ1v) is 12.3. The number of hydrogen-bond donors (Lipinski definition) is 2. The summed E-state index contributed by atoms with van der Waals surface area (Å²) in [5.74, 6) is -0.403. The van der Waals surface area contributed by atoms with Crippen molar-refractivity contribution >= 4 is 11.9 Å². The van der Waals surface area contributed by atoms with Crippen LogP contribution in [0.1, 0.15) is 130 Å². The monoisotopic (exact) mass is 412 g/mol. The van der Waals surface area contributed by atoms with E-state index in [0.717, 1.165) is 44.9 Å². The van der Waals surface area contributed by atoms with Crippen molar-refractivity contribution in [3.63, 3.8) is 0 Å². The molecular formula is C25H48O4. The summed E-state index contributed by atoms with van der Waals surface area (Å²) in [6.07, 6.45) is 18.2. The summed E-state index contributed by atoms with van der Waals surface area (Å²) >= 11 is 0. The summed E-state index contributed by atoms with van der Waals surface area (Å²) in [4.78, 5) is 22.2. The van der Waals surface area contributed by atoms with Crippen molar-refractivity contribution in [3.8, 4) is 0 Å². The van der Waals surface area contributed by atoms with Gasteiger partial charge in [-0.25, -0.2) is 0 Å². The third-order valence-corrected chi connectivity index (χ3v) is 6.28. The molecule has 29 heavy (non-hydrogen) atoms. The minimum atomic E-state index is -0.685. The lowest BCUT2D eigenvalue weighted by molar-refractivity contribution is -0.143. The molecule has 2 N–H and O–H groups in total. The van der Waals surface area contributed by atoms with Crippen molar-refractivity contribution < 1.29 is 19.8 Å². The molecule has 172 valence electrons. The van der Waals surface area contributed by atoms with Crippen LogP contribution in [0, 0.1) is 17.8 Å². The maximum absolute atomic E-state index is 11.7. The maximum atomic E-state index is 11.7. The largest absolute Gasteiger partial charge is 0.481 e. The van der Waals surface area contributed by atoms with Gasteiger partial charge in [-0.2, -0.15) is 0 Å². The van der Waals surface area contributed by atoms with Gasteiger partial charge in [0.25, 0.3) is 0 Å². The molecule has 0 aromatic carbocycles. The average Bonchev–Trinajstić information content (AvgIpc) is 2.67. The fraction of sp³-hybridized carbons (Fsp3) is 0.920. The van der Waals surface area contributed by atoms with Gasteiger partial charge in [0.1, 0.15) is 0 Å². The van der Waals surface area contributed by atoms with E-state index in [9.17, 15) is 14.7 Å². The quantitative estimate of drug-likeness (QED) is 0.189. The molecule has 0 aliphatic carbocycles. The minimum absolute atomic E-state index is 0.173. The first-order chi connectivity index (χ1) is 13.9. The maximum Gasteiger partial charge on any atom is 0.306 e. The Morgan fingerprint density at radius 1 is 0.724 bits per heavy atom. The molecule has 0 aliphatic heterocycles. The van der Waals surface area contributed by atoms with Crippen LogP contribution in [-0.4, -0.2) is 22.2 Å². The van der Waals surface area contributed by atoms with Gasteiger partial charge in [0.15, 0.2) is 0 Å². The van der Waals surface area contributed by atoms with E-state index in [1.165, 1.54) is 57.8 Å². The van der Waals surface area contributed by atoms with Gasteiger partial charge >= 0.3 is 11.9 Å². The van der Waals surface area contributed by atoms with Crippen LogP contribution in [0.5, 0.6) is 0 Å². The highest BCUT2D eigenvalue weighted by molar-refractivity contribution is 5.69. The number of carboxylic acids is 2. The predicted molar refractivity (Wildman–Crippen MR) is 121 cm³/mol. The van der Waals surface area contributed by atoms with E-state index in [1.54, 1.807) is 0 Å². The van der Waals surface area contributed by atoms with Crippen molar-refractivity contribution in [2.24, 2.45) is 17.8 Å². The van der Waals surface area contributed by atoms with Crippen molar-refractivity contribution in [3.05, 3.63) is 0 Å². The second kappa shape index (κ2) is 18.9. The van der Waals surface area contributed by atoms with Crippen LogP contribution in [0.2, 0.25) is 0 Å². The van der Waals surface area contributed by atoms with Gasteiger partial charge in [-0.15, -0.1) is 0 Å². The molecule has 0 fully saturated rings. The van der Waals surface area contributed by atoms with Gasteiger partial charge in [0.05, 0.1) is 5.92 Å². The molecule has 0 rings (SSSR count). The Balaban J connectivity index is 3.79. The Morgan fingerprint density at radius 3 is 1.76 bits per heavy atom. The van der Waals surface area contributed by atoms with E-state index in [2.05, 4.69) is 20.8 Å². The molecule has 3 atom stereocenters. The third-order valence-electron chi connectivity index (χ3n) is 6.28. The third kappa shape index (κ3) is 17.5. The number of rotatable bonds is 21. The lowest BCUT2D eigenvalue weighted by Gasteiger charge is -2.22. The fourth-order valence-corrected chi connectivity index (χ4v) is 4.29. The van der Waals surface area contributed by atoms with E-state index in [-0.39, 0.29) is 5.92 Å². The van der Waals surface area contributed by atoms with Crippen LogP contribution in [-0.2, 0) is 9.59 Å². The standard InChI is InChI=1S/C25H48O4/c1-4-6-17-22(5-2)20-23(25(28)29)19-21(3)16-14-12-10-8-7-9-11-13-15-18-24(26)27/h21-23H,4-20H2,1-3H3,(H,26,27)(H,28,29). The highest BCUT2D eigenvalue weighted by atomic mass is 16.4. The average molecular weight is 413 g/mol. The Labute approximate surface area is 179 Å². The molecule has 0 saturated heterocycles. The van der Waals surface area contributed by atoms with E-state index in [1.807, 2.05) is 0 Å². The Kier molecular flexibility index (Phi) is 18.2. The summed E-state index contributed by atoms with van der Waals surface area (Å²) < 4.78 is 0. The zero-order valence-corrected chi connectivity index (χ0v) is 19.5. The molecular weight excluding hydrogens is 364 g/mol. The van der Waals surface area contributed by atoms with E-state index < -0.39 is 11.9 Å². The molecule has 0 spiro atoms. The molecule has 0 heterocycles. The smallest absolute Gasteiger partial charge is 0.306 e. The second-order valence-electron chi connectivity index (χ2n) is 9.14. The van der Waals surface area contributed by atoms with Crippen LogP contribution >= 0.6 is 0 Å². The molecule has 0 aliphatic rings. The van der Waals surface area contributed by atoms with Gasteiger partial charge in [-0.1, -0.05) is 104 Å². The molecule has 0 saturated carbocycles. The zero-order valence-electron chi connectivity index (χ0n) is 19.5. The number of carbonyl (C=O) groups is 2. The summed E-state index contributed by atoms with van der Waals surface area (Å²) in [5, 5.41) is 18.2. The topological polar surface area (TPSA) is 74.6 Å². The van der Waals surface area contributed by atoms with Crippen LogP contribution in [0.4, 0.5) is 0 Å². The van der Waals surface area contributed by atoms with Crippen molar-refractivity contribution in [1.82, 2.24) is 0 Å². The number of hydrogen-bond acceptors (Lipinski definition) is 2. The van der Waals surface area contributed by atoms with Crippen LogP contribution in [0.25, 0.3) is 0 Å². The van der Waals surface area contributed by atoms with Gasteiger partial charge in [-0.05, 0) is 31.1 Å². The molecule has 0 aromatic heterocycles. The molecule has 4 nitrogen and oxygen atoms in total. The zero-order chi connectivity index (χ0) is 21.9. The first-order valence-electron chi connectivity index (χ1n) is 12.3. The fourth-order valence-electron chi connectivity index (χ4n) is 4.29. The van der Waals surface area contributed by atoms with Crippen LogP contribution < -0.4 is 0 Å². The van der Waals surface area contributed by atoms with E-state index in [4.69, 9.17) is 5.11 Å². The van der Waals surface area contributed by atoms with Crippen LogP contribution in [0.3, 0.4) is 0 Å². The summed E-state index contributed by atoms with van der Waals surface area (Å²) in [5.41, 5.74) is 0. The number of unbranched alkanes of at least 4 members (excludes halogenated alkanes) is 9. The summed E-state index contributed by atoms with van der Waals surface area (Å²) in [6, 6.07) is 0. The van der Waals surface area contributed by atoms with Crippen molar-refractivity contribution in [1.29, 1.82) is 0 Å². The van der Waals surface area contributed by atoms with E-state index in [0.29, 0.717) is 18.3 Å². The number of carboxylic acid groups (broad SMARTS) is 2. The molecule has 0 amide bonds. The van der Waals surface area contributed by atoms with Gasteiger partial charge in [-0.3, -0.25) is 9.59 Å². The Morgan fingerprint density at radius 2 is 1.28 bits per heavy atom. The minimum Gasteiger partial charge on any atom is -0.481 e.